The molecule has 0 radical (unpaired) electrons. The minimum atomic E-state index is 0.499. The molecular formula is C16H29S+. The zero-order valence-corrected chi connectivity index (χ0v) is 12.3. The zero-order chi connectivity index (χ0) is 12.2. The first-order valence-electron chi connectivity index (χ1n) is 7.47. The van der Waals surface area contributed by atoms with Crippen molar-refractivity contribution in [2.45, 2.75) is 76.9 Å². The third-order valence-corrected chi connectivity index (χ3v) is 5.12. The summed E-state index contributed by atoms with van der Waals surface area (Å²) in [7, 11) is 0.499. The van der Waals surface area contributed by atoms with Gasteiger partial charge in [-0.1, -0.05) is 58.3 Å². The molecule has 98 valence electrons. The van der Waals surface area contributed by atoms with Crippen LogP contribution in [0.2, 0.25) is 0 Å². The Labute approximate surface area is 110 Å². The molecule has 0 amide bonds. The summed E-state index contributed by atoms with van der Waals surface area (Å²) < 4.78 is 0. The first kappa shape index (κ1) is 14.8. The lowest BCUT2D eigenvalue weighted by atomic mass is 10.1. The van der Waals surface area contributed by atoms with Crippen molar-refractivity contribution in [2.24, 2.45) is 0 Å². The van der Waals surface area contributed by atoms with Crippen LogP contribution in [0, 0.1) is 0 Å². The van der Waals surface area contributed by atoms with Crippen molar-refractivity contribution in [2.75, 3.05) is 0 Å². The fourth-order valence-electron chi connectivity index (χ4n) is 2.23. The van der Waals surface area contributed by atoms with Gasteiger partial charge in [0, 0.05) is 0 Å². The maximum absolute atomic E-state index is 2.35. The van der Waals surface area contributed by atoms with E-state index in [9.17, 15) is 0 Å². The van der Waals surface area contributed by atoms with E-state index >= 15 is 0 Å². The number of hydrogen-bond acceptors (Lipinski definition) is 0. The molecule has 1 rings (SSSR count). The van der Waals surface area contributed by atoms with Gasteiger partial charge in [-0.05, 0) is 35.4 Å². The van der Waals surface area contributed by atoms with Crippen molar-refractivity contribution in [1.29, 1.82) is 0 Å². The van der Waals surface area contributed by atoms with Crippen LogP contribution < -0.4 is 0 Å². The average Bonchev–Trinajstić information content (AvgIpc) is 2.85. The van der Waals surface area contributed by atoms with E-state index in [1.54, 1.807) is 0 Å². The minimum Gasteiger partial charge on any atom is -0.0654 e. The van der Waals surface area contributed by atoms with Crippen LogP contribution in [0.25, 0.3) is 0 Å². The molecule has 0 bridgehead atoms. The fraction of sp³-hybridized carbons (Fsp3) is 0.750. The Bertz CT molecular complexity index is 238. The van der Waals surface area contributed by atoms with Gasteiger partial charge in [-0.2, -0.15) is 0 Å². The summed E-state index contributed by atoms with van der Waals surface area (Å²) in [5.74, 6) is 1.39. The number of thiophene rings is 1. The lowest BCUT2D eigenvalue weighted by Gasteiger charge is -2.00. The molecule has 1 aromatic heterocycles. The van der Waals surface area contributed by atoms with E-state index < -0.39 is 0 Å². The largest absolute Gasteiger partial charge is 0.137 e. The molecule has 0 spiro atoms. The van der Waals surface area contributed by atoms with Crippen molar-refractivity contribution >= 4 is 10.5 Å². The molecule has 0 atom stereocenters. The maximum atomic E-state index is 2.35. The number of hydrogen-bond donors (Lipinski definition) is 0. The molecule has 0 aliphatic carbocycles. The number of rotatable bonds is 11. The minimum absolute atomic E-state index is 0.499. The van der Waals surface area contributed by atoms with Crippen molar-refractivity contribution in [3.8, 4) is 0 Å². The molecular weight excluding hydrogens is 224 g/mol. The van der Waals surface area contributed by atoms with Crippen LogP contribution in [0.3, 0.4) is 0 Å². The van der Waals surface area contributed by atoms with Gasteiger partial charge in [0.1, 0.15) is 16.5 Å². The van der Waals surface area contributed by atoms with Gasteiger partial charge in [-0.15, -0.1) is 0 Å². The first-order chi connectivity index (χ1) is 8.43. The van der Waals surface area contributed by atoms with Crippen LogP contribution in [-0.4, -0.2) is 0 Å². The lowest BCUT2D eigenvalue weighted by molar-refractivity contribution is 0.560. The van der Waals surface area contributed by atoms with Crippen LogP contribution in [0.5, 0.6) is 0 Å². The second-order valence-electron chi connectivity index (χ2n) is 5.01. The molecule has 0 nitrogen and oxygen atoms in total. The maximum Gasteiger partial charge on any atom is 0.137 e. The molecule has 1 heteroatoms. The Balaban J connectivity index is 1.76. The highest BCUT2D eigenvalue weighted by Crippen LogP contribution is 2.21. The molecule has 0 aliphatic rings. The van der Waals surface area contributed by atoms with Crippen molar-refractivity contribution in [3.05, 3.63) is 22.9 Å². The van der Waals surface area contributed by atoms with E-state index in [2.05, 4.69) is 29.8 Å². The second-order valence-corrected chi connectivity index (χ2v) is 6.90. The third kappa shape index (κ3) is 8.43. The topological polar surface area (TPSA) is 0 Å². The summed E-state index contributed by atoms with van der Waals surface area (Å²) in [5.41, 5.74) is 0. The van der Waals surface area contributed by atoms with Gasteiger partial charge in [0.15, 0.2) is 0 Å². The van der Waals surface area contributed by atoms with Crippen molar-refractivity contribution < 1.29 is 0 Å². The summed E-state index contributed by atoms with van der Waals surface area (Å²) in [5, 5.41) is 4.71. The van der Waals surface area contributed by atoms with Crippen LogP contribution in [-0.2, 0) is 5.75 Å². The van der Waals surface area contributed by atoms with Crippen molar-refractivity contribution in [1.82, 2.24) is 0 Å². The molecule has 0 aliphatic heterocycles. The van der Waals surface area contributed by atoms with Crippen LogP contribution >= 0.6 is 10.5 Å². The summed E-state index contributed by atoms with van der Waals surface area (Å²) in [6, 6.07) is 4.39. The molecule has 0 unspecified atom stereocenters. The predicted molar refractivity (Wildman–Crippen MR) is 80.8 cm³/mol. The van der Waals surface area contributed by atoms with Crippen LogP contribution in [0.1, 0.15) is 71.1 Å². The number of unbranched alkanes of at least 4 members (excludes halogenated alkanes) is 9. The Kier molecular flexibility index (Phi) is 9.40. The predicted octanol–water partition coefficient (Wildman–Crippen LogP) is 6.36. The summed E-state index contributed by atoms with van der Waals surface area (Å²) in [4.78, 5) is 0. The van der Waals surface area contributed by atoms with Crippen molar-refractivity contribution in [3.63, 3.8) is 0 Å². The quantitative estimate of drug-likeness (QED) is 0.318. The Morgan fingerprint density at radius 2 is 1.12 bits per heavy atom. The number of aryl methyl sites for hydroxylation is 1. The molecule has 0 saturated heterocycles. The fourth-order valence-corrected chi connectivity index (χ4v) is 3.72. The second kappa shape index (κ2) is 10.8. The average molecular weight is 253 g/mol. The van der Waals surface area contributed by atoms with E-state index in [0.717, 1.165) is 0 Å². The standard InChI is InChI=1S/C16H29S/c1-2-3-4-5-6-7-8-9-10-11-14-17-15-12-13-16-17/h12-13,15-16H,2-11,14H2,1H3/q+1. The van der Waals surface area contributed by atoms with Gasteiger partial charge in [0.05, 0.1) is 0 Å². The van der Waals surface area contributed by atoms with E-state index in [4.69, 9.17) is 0 Å². The molecule has 0 aromatic carbocycles. The van der Waals surface area contributed by atoms with E-state index in [-0.39, 0.29) is 0 Å². The van der Waals surface area contributed by atoms with Crippen LogP contribution in [0.15, 0.2) is 22.9 Å². The molecule has 1 heterocycles. The van der Waals surface area contributed by atoms with E-state index in [1.807, 2.05) is 0 Å². The van der Waals surface area contributed by atoms with Gasteiger partial charge < -0.3 is 0 Å². The van der Waals surface area contributed by atoms with Gasteiger partial charge in [0.2, 0.25) is 0 Å². The van der Waals surface area contributed by atoms with Gasteiger partial charge in [-0.3, -0.25) is 0 Å². The highest BCUT2D eigenvalue weighted by molar-refractivity contribution is 7.27. The Morgan fingerprint density at radius 3 is 1.65 bits per heavy atom. The summed E-state index contributed by atoms with van der Waals surface area (Å²) >= 11 is 0. The van der Waals surface area contributed by atoms with Gasteiger partial charge in [-0.25, -0.2) is 0 Å². The van der Waals surface area contributed by atoms with E-state index in [1.165, 1.54) is 70.0 Å². The molecule has 1 aromatic rings. The smallest absolute Gasteiger partial charge is 0.0654 e. The Hall–Kier alpha value is -0.300. The molecule has 0 saturated carbocycles. The summed E-state index contributed by atoms with van der Waals surface area (Å²) in [6.07, 6.45) is 14.4. The lowest BCUT2D eigenvalue weighted by Crippen LogP contribution is -1.82. The third-order valence-electron chi connectivity index (χ3n) is 3.35. The first-order valence-corrected chi connectivity index (χ1v) is 8.99. The highest BCUT2D eigenvalue weighted by atomic mass is 32.2. The zero-order valence-electron chi connectivity index (χ0n) is 11.5. The van der Waals surface area contributed by atoms with Gasteiger partial charge in [0.25, 0.3) is 0 Å². The Morgan fingerprint density at radius 1 is 0.647 bits per heavy atom. The monoisotopic (exact) mass is 253 g/mol. The van der Waals surface area contributed by atoms with Gasteiger partial charge >= 0.3 is 0 Å². The van der Waals surface area contributed by atoms with E-state index in [0.29, 0.717) is 10.5 Å². The SMILES string of the molecule is CCCCCCCCCCCC[s+]1cccc1. The molecule has 0 N–H and O–H groups in total. The summed E-state index contributed by atoms with van der Waals surface area (Å²) in [6.45, 7) is 2.29. The molecule has 0 fully saturated rings. The van der Waals surface area contributed by atoms with Crippen LogP contribution in [0.4, 0.5) is 0 Å². The molecule has 17 heavy (non-hydrogen) atoms. The highest BCUT2D eigenvalue weighted by Gasteiger charge is 2.00. The normalized spacial score (nSPS) is 10.9.